The number of ether oxygens (including phenoxy) is 2. The van der Waals surface area contributed by atoms with Gasteiger partial charge in [-0.3, -0.25) is 0 Å². The molecule has 1 aromatic carbocycles. The van der Waals surface area contributed by atoms with E-state index in [0.717, 1.165) is 14.6 Å². The van der Waals surface area contributed by atoms with Crippen LogP contribution < -0.4 is 5.32 Å². The van der Waals surface area contributed by atoms with E-state index in [1.807, 2.05) is 25.1 Å². The number of rotatable bonds is 9. The third-order valence-corrected chi connectivity index (χ3v) is 3.69. The minimum atomic E-state index is -0.555. The van der Waals surface area contributed by atoms with E-state index >= 15 is 0 Å². The van der Waals surface area contributed by atoms with Crippen LogP contribution in [0.4, 0.5) is 5.69 Å². The van der Waals surface area contributed by atoms with Crippen molar-refractivity contribution in [1.29, 1.82) is 0 Å². The predicted molar refractivity (Wildman–Crippen MR) is 83.7 cm³/mol. The standard InChI is InChI=1S/C13H19Br2NO3/c1-2-18-6-7-19-9-10(17)8-16-13-11(14)4-3-5-12(13)15/h3-5,10,16-17H,2,6-9H2,1H3. The van der Waals surface area contributed by atoms with Gasteiger partial charge in [-0.25, -0.2) is 0 Å². The van der Waals surface area contributed by atoms with Gasteiger partial charge in [0.05, 0.1) is 31.6 Å². The van der Waals surface area contributed by atoms with Crippen molar-refractivity contribution in [2.75, 3.05) is 38.3 Å². The molecule has 0 aliphatic rings. The monoisotopic (exact) mass is 395 g/mol. The third-order valence-electron chi connectivity index (χ3n) is 2.36. The highest BCUT2D eigenvalue weighted by atomic mass is 79.9. The number of hydrogen-bond donors (Lipinski definition) is 2. The first-order chi connectivity index (χ1) is 9.15. The molecule has 1 aromatic rings. The molecule has 0 heterocycles. The number of anilines is 1. The summed E-state index contributed by atoms with van der Waals surface area (Å²) in [4.78, 5) is 0. The maximum absolute atomic E-state index is 9.79. The van der Waals surface area contributed by atoms with E-state index in [0.29, 0.717) is 33.0 Å². The van der Waals surface area contributed by atoms with Gasteiger partial charge in [-0.1, -0.05) is 6.07 Å². The molecule has 0 aromatic heterocycles. The molecule has 6 heteroatoms. The van der Waals surface area contributed by atoms with E-state index in [-0.39, 0.29) is 0 Å². The maximum Gasteiger partial charge on any atom is 0.0945 e. The lowest BCUT2D eigenvalue weighted by atomic mass is 10.3. The van der Waals surface area contributed by atoms with Crippen LogP contribution in [0.15, 0.2) is 27.1 Å². The quantitative estimate of drug-likeness (QED) is 0.630. The molecule has 1 rings (SSSR count). The minimum Gasteiger partial charge on any atom is -0.389 e. The van der Waals surface area contributed by atoms with Gasteiger partial charge < -0.3 is 19.9 Å². The summed E-state index contributed by atoms with van der Waals surface area (Å²) in [5.74, 6) is 0. The van der Waals surface area contributed by atoms with Crippen LogP contribution in [0.5, 0.6) is 0 Å². The molecule has 0 fully saturated rings. The number of nitrogens with one attached hydrogen (secondary N) is 1. The van der Waals surface area contributed by atoms with Gasteiger partial charge in [0.25, 0.3) is 0 Å². The first-order valence-electron chi connectivity index (χ1n) is 6.16. The Balaban J connectivity index is 2.24. The van der Waals surface area contributed by atoms with Gasteiger partial charge in [-0.15, -0.1) is 0 Å². The molecule has 2 N–H and O–H groups in total. The summed E-state index contributed by atoms with van der Waals surface area (Å²) in [6, 6.07) is 5.82. The van der Waals surface area contributed by atoms with Crippen LogP contribution in [0.3, 0.4) is 0 Å². The summed E-state index contributed by atoms with van der Waals surface area (Å²) < 4.78 is 12.3. The number of hydrogen-bond acceptors (Lipinski definition) is 4. The fraction of sp³-hybridized carbons (Fsp3) is 0.538. The van der Waals surface area contributed by atoms with E-state index < -0.39 is 6.10 Å². The van der Waals surface area contributed by atoms with Gasteiger partial charge in [0.1, 0.15) is 0 Å². The summed E-state index contributed by atoms with van der Waals surface area (Å²) in [6.07, 6.45) is -0.555. The van der Waals surface area contributed by atoms with Crippen molar-refractivity contribution in [2.24, 2.45) is 0 Å². The molecule has 0 aliphatic carbocycles. The first kappa shape index (κ1) is 16.9. The number of aliphatic hydroxyl groups is 1. The highest BCUT2D eigenvalue weighted by Gasteiger charge is 2.08. The van der Waals surface area contributed by atoms with Crippen LogP contribution in [-0.4, -0.2) is 44.2 Å². The SMILES string of the molecule is CCOCCOCC(O)CNc1c(Br)cccc1Br. The van der Waals surface area contributed by atoms with Crippen molar-refractivity contribution >= 4 is 37.5 Å². The van der Waals surface area contributed by atoms with Crippen molar-refractivity contribution in [3.63, 3.8) is 0 Å². The van der Waals surface area contributed by atoms with Gasteiger partial charge in [0.2, 0.25) is 0 Å². The van der Waals surface area contributed by atoms with Gasteiger partial charge >= 0.3 is 0 Å². The number of aliphatic hydroxyl groups excluding tert-OH is 1. The molecule has 1 unspecified atom stereocenters. The van der Waals surface area contributed by atoms with Gasteiger partial charge in [0.15, 0.2) is 0 Å². The largest absolute Gasteiger partial charge is 0.389 e. The highest BCUT2D eigenvalue weighted by molar-refractivity contribution is 9.11. The number of halogens is 2. The molecule has 0 saturated carbocycles. The second-order valence-electron chi connectivity index (χ2n) is 3.90. The Morgan fingerprint density at radius 3 is 2.47 bits per heavy atom. The molecule has 0 bridgehead atoms. The lowest BCUT2D eigenvalue weighted by Crippen LogP contribution is -2.25. The van der Waals surface area contributed by atoms with E-state index in [2.05, 4.69) is 37.2 Å². The zero-order chi connectivity index (χ0) is 14.1. The zero-order valence-corrected chi connectivity index (χ0v) is 14.0. The Labute approximate surface area is 130 Å². The molecule has 108 valence electrons. The van der Waals surface area contributed by atoms with Crippen LogP contribution in [0.2, 0.25) is 0 Å². The number of benzene rings is 1. The number of para-hydroxylation sites is 1. The van der Waals surface area contributed by atoms with Crippen molar-refractivity contribution in [1.82, 2.24) is 0 Å². The van der Waals surface area contributed by atoms with Crippen LogP contribution >= 0.6 is 31.9 Å². The van der Waals surface area contributed by atoms with Crippen molar-refractivity contribution < 1.29 is 14.6 Å². The summed E-state index contributed by atoms with van der Waals surface area (Å²) in [6.45, 7) is 4.41. The molecule has 19 heavy (non-hydrogen) atoms. The van der Waals surface area contributed by atoms with E-state index in [9.17, 15) is 5.11 Å². The molecule has 0 aliphatic heterocycles. The average molecular weight is 397 g/mol. The van der Waals surface area contributed by atoms with Crippen molar-refractivity contribution in [3.05, 3.63) is 27.1 Å². The Morgan fingerprint density at radius 2 is 1.84 bits per heavy atom. The second kappa shape index (κ2) is 9.72. The van der Waals surface area contributed by atoms with Gasteiger partial charge in [-0.05, 0) is 50.9 Å². The minimum absolute atomic E-state index is 0.294. The van der Waals surface area contributed by atoms with Gasteiger partial charge in [0, 0.05) is 22.1 Å². The smallest absolute Gasteiger partial charge is 0.0945 e. The molecule has 0 saturated heterocycles. The molecule has 0 radical (unpaired) electrons. The normalized spacial score (nSPS) is 12.4. The summed E-state index contributed by atoms with van der Waals surface area (Å²) in [7, 11) is 0. The molecule has 4 nitrogen and oxygen atoms in total. The Hall–Kier alpha value is -0.140. The van der Waals surface area contributed by atoms with Crippen molar-refractivity contribution in [2.45, 2.75) is 13.0 Å². The van der Waals surface area contributed by atoms with Crippen LogP contribution in [-0.2, 0) is 9.47 Å². The van der Waals surface area contributed by atoms with Gasteiger partial charge in [-0.2, -0.15) is 0 Å². The molecule has 0 amide bonds. The predicted octanol–water partition coefficient (Wildman–Crippen LogP) is 3.04. The highest BCUT2D eigenvalue weighted by Crippen LogP contribution is 2.30. The fourth-order valence-corrected chi connectivity index (χ4v) is 2.71. The van der Waals surface area contributed by atoms with Crippen molar-refractivity contribution in [3.8, 4) is 0 Å². The summed E-state index contributed by atoms with van der Waals surface area (Å²) in [5.41, 5.74) is 0.927. The topological polar surface area (TPSA) is 50.7 Å². The Kier molecular flexibility index (Phi) is 8.65. The van der Waals surface area contributed by atoms with Crippen LogP contribution in [0, 0.1) is 0 Å². The average Bonchev–Trinajstić information content (AvgIpc) is 2.38. The Morgan fingerprint density at radius 1 is 1.21 bits per heavy atom. The van der Waals surface area contributed by atoms with Crippen LogP contribution in [0.25, 0.3) is 0 Å². The Bertz CT molecular complexity index is 357. The fourth-order valence-electron chi connectivity index (χ4n) is 1.43. The maximum atomic E-state index is 9.79. The molecular weight excluding hydrogens is 378 g/mol. The van der Waals surface area contributed by atoms with E-state index in [4.69, 9.17) is 9.47 Å². The summed E-state index contributed by atoms with van der Waals surface area (Å²) >= 11 is 6.91. The zero-order valence-electron chi connectivity index (χ0n) is 10.9. The molecule has 0 spiro atoms. The van der Waals surface area contributed by atoms with E-state index in [1.165, 1.54) is 0 Å². The lowest BCUT2D eigenvalue weighted by Gasteiger charge is -2.15. The van der Waals surface area contributed by atoms with E-state index in [1.54, 1.807) is 0 Å². The molecule has 1 atom stereocenters. The second-order valence-corrected chi connectivity index (χ2v) is 5.61. The first-order valence-corrected chi connectivity index (χ1v) is 7.75. The molecular formula is C13H19Br2NO3. The third kappa shape index (κ3) is 6.72. The lowest BCUT2D eigenvalue weighted by molar-refractivity contribution is 0.0103. The van der Waals surface area contributed by atoms with Crippen LogP contribution in [0.1, 0.15) is 6.92 Å². The summed E-state index contributed by atoms with van der Waals surface area (Å²) in [5, 5.41) is 13.0.